The minimum atomic E-state index is 0.527. The number of piperidine rings is 1. The van der Waals surface area contributed by atoms with Gasteiger partial charge in [-0.25, -0.2) is 0 Å². The molecule has 8 heteroatoms. The minimum Gasteiger partial charge on any atom is -0.378 e. The van der Waals surface area contributed by atoms with E-state index in [1.165, 1.54) is 19.3 Å². The van der Waals surface area contributed by atoms with Crippen molar-refractivity contribution in [3.63, 3.8) is 0 Å². The minimum absolute atomic E-state index is 0.527. The molecule has 0 spiro atoms. The number of hydrogen-bond donors (Lipinski definition) is 2. The molecule has 0 atom stereocenters. The highest BCUT2D eigenvalue weighted by atomic mass is 32.1. The fourth-order valence-corrected chi connectivity index (χ4v) is 3.33. The number of anilines is 3. The topological polar surface area (TPSA) is 65.6 Å². The molecule has 0 saturated carbocycles. The predicted molar refractivity (Wildman–Crippen MR) is 110 cm³/mol. The first kappa shape index (κ1) is 19.1. The molecule has 3 rings (SSSR count). The first-order valence-corrected chi connectivity index (χ1v) is 10.0. The lowest BCUT2D eigenvalue weighted by Gasteiger charge is -2.31. The van der Waals surface area contributed by atoms with Crippen molar-refractivity contribution in [2.45, 2.75) is 33.1 Å². The fourth-order valence-electron chi connectivity index (χ4n) is 3.16. The van der Waals surface area contributed by atoms with Crippen molar-refractivity contribution < 1.29 is 4.74 Å². The van der Waals surface area contributed by atoms with Crippen molar-refractivity contribution in [2.24, 2.45) is 5.92 Å². The molecule has 0 aromatic carbocycles. The number of nitrogens with zero attached hydrogens (tertiary/aromatic N) is 4. The van der Waals surface area contributed by atoms with Gasteiger partial charge in [-0.1, -0.05) is 13.8 Å². The van der Waals surface area contributed by atoms with E-state index in [0.29, 0.717) is 17.0 Å². The number of ether oxygens (including phenoxy) is 1. The molecule has 0 bridgehead atoms. The van der Waals surface area contributed by atoms with Crippen LogP contribution < -0.4 is 20.4 Å². The highest BCUT2D eigenvalue weighted by molar-refractivity contribution is 7.80. The van der Waals surface area contributed by atoms with E-state index >= 15 is 0 Å². The molecule has 2 aliphatic rings. The average Bonchev–Trinajstić information content (AvgIpc) is 2.67. The summed E-state index contributed by atoms with van der Waals surface area (Å²) < 4.78 is 5.47. The van der Waals surface area contributed by atoms with E-state index in [-0.39, 0.29) is 0 Å². The zero-order valence-corrected chi connectivity index (χ0v) is 16.6. The molecule has 2 N–H and O–H groups in total. The first-order chi connectivity index (χ1) is 12.6. The molecule has 1 aromatic heterocycles. The maximum absolute atomic E-state index is 5.47. The van der Waals surface area contributed by atoms with Gasteiger partial charge in [0.1, 0.15) is 11.6 Å². The third kappa shape index (κ3) is 5.41. The smallest absolute Gasteiger partial charge is 0.232 e. The van der Waals surface area contributed by atoms with Crippen molar-refractivity contribution in [2.75, 3.05) is 61.1 Å². The van der Waals surface area contributed by atoms with Gasteiger partial charge in [0, 0.05) is 38.8 Å². The van der Waals surface area contributed by atoms with Crippen LogP contribution in [0, 0.1) is 5.92 Å². The Bertz CT molecular complexity index is 563. The molecule has 2 saturated heterocycles. The van der Waals surface area contributed by atoms with Gasteiger partial charge < -0.3 is 25.2 Å². The summed E-state index contributed by atoms with van der Waals surface area (Å²) in [5.74, 6) is 3.02. The molecular formula is C18H30N6OS. The molecule has 1 aromatic rings. The van der Waals surface area contributed by atoms with Crippen LogP contribution in [0.5, 0.6) is 0 Å². The van der Waals surface area contributed by atoms with Crippen molar-refractivity contribution in [3.05, 3.63) is 6.07 Å². The Morgan fingerprint density at radius 3 is 2.31 bits per heavy atom. The summed E-state index contributed by atoms with van der Waals surface area (Å²) in [6, 6.07) is 2.10. The lowest BCUT2D eigenvalue weighted by Crippen LogP contribution is -2.38. The number of rotatable bonds is 5. The molecule has 3 heterocycles. The van der Waals surface area contributed by atoms with E-state index in [4.69, 9.17) is 26.9 Å². The second-order valence-electron chi connectivity index (χ2n) is 7.28. The van der Waals surface area contributed by atoms with E-state index < -0.39 is 0 Å². The van der Waals surface area contributed by atoms with Crippen molar-refractivity contribution in [1.82, 2.24) is 15.3 Å². The van der Waals surface area contributed by atoms with Crippen LogP contribution in [0.4, 0.5) is 17.6 Å². The Hall–Kier alpha value is -1.67. The van der Waals surface area contributed by atoms with E-state index in [1.807, 2.05) is 0 Å². The van der Waals surface area contributed by atoms with Crippen LogP contribution >= 0.6 is 12.2 Å². The SMILES string of the molecule is CC(C)CNC(=S)Nc1nc(N2CCCCC2)cc(N2CCOCC2)n1. The largest absolute Gasteiger partial charge is 0.378 e. The summed E-state index contributed by atoms with van der Waals surface area (Å²) in [6.07, 6.45) is 3.73. The third-order valence-corrected chi connectivity index (χ3v) is 4.86. The summed E-state index contributed by atoms with van der Waals surface area (Å²) in [5, 5.41) is 6.96. The van der Waals surface area contributed by atoms with Gasteiger partial charge in [0.05, 0.1) is 13.2 Å². The summed E-state index contributed by atoms with van der Waals surface area (Å²) in [6.45, 7) is 10.4. The number of hydrogen-bond acceptors (Lipinski definition) is 6. The summed E-state index contributed by atoms with van der Waals surface area (Å²) in [4.78, 5) is 14.1. The maximum Gasteiger partial charge on any atom is 0.232 e. The Kier molecular flexibility index (Phi) is 6.85. The zero-order valence-electron chi connectivity index (χ0n) is 15.8. The maximum atomic E-state index is 5.47. The van der Waals surface area contributed by atoms with Gasteiger partial charge in [-0.2, -0.15) is 9.97 Å². The van der Waals surface area contributed by atoms with E-state index in [2.05, 4.69) is 40.3 Å². The average molecular weight is 379 g/mol. The van der Waals surface area contributed by atoms with Crippen molar-refractivity contribution >= 4 is 34.9 Å². The van der Waals surface area contributed by atoms with Crippen LogP contribution in [-0.4, -0.2) is 61.0 Å². The van der Waals surface area contributed by atoms with Crippen LogP contribution in [-0.2, 0) is 4.74 Å². The Balaban J connectivity index is 1.78. The Morgan fingerprint density at radius 1 is 1.08 bits per heavy atom. The molecule has 0 radical (unpaired) electrons. The van der Waals surface area contributed by atoms with E-state index in [0.717, 1.165) is 57.6 Å². The second kappa shape index (κ2) is 9.32. The summed E-state index contributed by atoms with van der Waals surface area (Å²) >= 11 is 5.40. The third-order valence-electron chi connectivity index (χ3n) is 4.61. The van der Waals surface area contributed by atoms with Crippen LogP contribution in [0.3, 0.4) is 0 Å². The molecule has 2 fully saturated rings. The lowest BCUT2D eigenvalue weighted by molar-refractivity contribution is 0.122. The van der Waals surface area contributed by atoms with Gasteiger partial charge in [0.25, 0.3) is 0 Å². The number of morpholine rings is 1. The van der Waals surface area contributed by atoms with E-state index in [1.54, 1.807) is 0 Å². The van der Waals surface area contributed by atoms with Gasteiger partial charge >= 0.3 is 0 Å². The van der Waals surface area contributed by atoms with Gasteiger partial charge in [0.2, 0.25) is 5.95 Å². The van der Waals surface area contributed by atoms with Crippen LogP contribution in [0.25, 0.3) is 0 Å². The van der Waals surface area contributed by atoms with Gasteiger partial charge in [-0.05, 0) is 37.4 Å². The monoisotopic (exact) mass is 378 g/mol. The van der Waals surface area contributed by atoms with E-state index in [9.17, 15) is 0 Å². The quantitative estimate of drug-likeness (QED) is 0.757. The number of aromatic nitrogens is 2. The van der Waals surface area contributed by atoms with Gasteiger partial charge in [-0.3, -0.25) is 0 Å². The van der Waals surface area contributed by atoms with Gasteiger partial charge in [-0.15, -0.1) is 0 Å². The normalized spacial score (nSPS) is 18.1. The molecule has 0 unspecified atom stereocenters. The van der Waals surface area contributed by atoms with Crippen LogP contribution in [0.15, 0.2) is 6.07 Å². The lowest BCUT2D eigenvalue weighted by atomic mass is 10.1. The van der Waals surface area contributed by atoms with Crippen molar-refractivity contribution in [1.29, 1.82) is 0 Å². The fraction of sp³-hybridized carbons (Fsp3) is 0.722. The molecule has 2 aliphatic heterocycles. The highest BCUT2D eigenvalue weighted by Crippen LogP contribution is 2.24. The standard InChI is InChI=1S/C18H30N6OS/c1-14(2)13-19-18(26)22-17-20-15(23-6-4-3-5-7-23)12-16(21-17)24-8-10-25-11-9-24/h12,14H,3-11,13H2,1-2H3,(H2,19,20,21,22,26). The van der Waals surface area contributed by atoms with Gasteiger partial charge in [0.15, 0.2) is 5.11 Å². The predicted octanol–water partition coefficient (Wildman–Crippen LogP) is 2.25. The Labute approximate surface area is 161 Å². The molecular weight excluding hydrogens is 348 g/mol. The zero-order chi connectivity index (χ0) is 18.4. The van der Waals surface area contributed by atoms with Crippen molar-refractivity contribution in [3.8, 4) is 0 Å². The molecule has 26 heavy (non-hydrogen) atoms. The molecule has 0 amide bonds. The highest BCUT2D eigenvalue weighted by Gasteiger charge is 2.19. The summed E-state index contributed by atoms with van der Waals surface area (Å²) in [5.41, 5.74) is 0. The first-order valence-electron chi connectivity index (χ1n) is 9.63. The molecule has 7 nitrogen and oxygen atoms in total. The molecule has 0 aliphatic carbocycles. The Morgan fingerprint density at radius 2 is 1.69 bits per heavy atom. The van der Waals surface area contributed by atoms with Crippen LogP contribution in [0.2, 0.25) is 0 Å². The van der Waals surface area contributed by atoms with Crippen LogP contribution in [0.1, 0.15) is 33.1 Å². The number of thiocarbonyl (C=S) groups is 1. The number of nitrogens with one attached hydrogen (secondary N) is 2. The summed E-state index contributed by atoms with van der Waals surface area (Å²) in [7, 11) is 0. The molecule has 144 valence electrons. The second-order valence-corrected chi connectivity index (χ2v) is 7.69.